The number of allylic oxidation sites excluding steroid dienone is 3. The van der Waals surface area contributed by atoms with Crippen LogP contribution in [0.1, 0.15) is 34.7 Å². The topological polar surface area (TPSA) is 91.7 Å². The van der Waals surface area contributed by atoms with E-state index in [-0.39, 0.29) is 35.2 Å². The molecule has 164 valence electrons. The van der Waals surface area contributed by atoms with Crippen molar-refractivity contribution in [3.05, 3.63) is 107 Å². The quantitative estimate of drug-likeness (QED) is 0.477. The van der Waals surface area contributed by atoms with Gasteiger partial charge in [-0.15, -0.1) is 0 Å². The largest absolute Gasteiger partial charge is 0.358 e. The van der Waals surface area contributed by atoms with Crippen LogP contribution in [0.4, 0.5) is 0 Å². The maximum absolute atomic E-state index is 14.0. The SMILES string of the molecule is N#CC1=CN2[C@H](C(=O)c3ccccc3)[C@H](c3ccccc3)[C@H](C(=C(C#N)C#N)C3CC3)[C@@H]2C=C1. The van der Waals surface area contributed by atoms with Crippen molar-refractivity contribution in [3.63, 3.8) is 0 Å². The zero-order valence-corrected chi connectivity index (χ0v) is 18.5. The van der Waals surface area contributed by atoms with Crippen LogP contribution in [-0.2, 0) is 0 Å². The molecule has 0 N–H and O–H groups in total. The minimum Gasteiger partial charge on any atom is -0.358 e. The Labute approximate surface area is 199 Å². The molecule has 4 atom stereocenters. The Balaban J connectivity index is 1.75. The van der Waals surface area contributed by atoms with Crippen molar-refractivity contribution < 1.29 is 4.79 Å². The van der Waals surface area contributed by atoms with Gasteiger partial charge in [-0.3, -0.25) is 4.79 Å². The molecule has 2 heterocycles. The van der Waals surface area contributed by atoms with Crippen LogP contribution in [0.15, 0.2) is 95.7 Å². The molecule has 2 aromatic rings. The lowest BCUT2D eigenvalue weighted by molar-refractivity contribution is 0.0881. The summed E-state index contributed by atoms with van der Waals surface area (Å²) in [6.45, 7) is 0. The summed E-state index contributed by atoms with van der Waals surface area (Å²) in [6.07, 6.45) is 7.40. The summed E-state index contributed by atoms with van der Waals surface area (Å²) in [6, 6.07) is 24.8. The van der Waals surface area contributed by atoms with Crippen molar-refractivity contribution >= 4 is 5.78 Å². The van der Waals surface area contributed by atoms with E-state index in [1.165, 1.54) is 0 Å². The Hall–Kier alpha value is -4.40. The summed E-state index contributed by atoms with van der Waals surface area (Å²) in [5.41, 5.74) is 3.09. The minimum absolute atomic E-state index is 0.0311. The van der Waals surface area contributed by atoms with Crippen LogP contribution in [0, 0.1) is 45.8 Å². The number of rotatable bonds is 5. The van der Waals surface area contributed by atoms with Crippen molar-refractivity contribution in [2.45, 2.75) is 30.8 Å². The normalized spacial score (nSPS) is 24.7. The number of benzene rings is 2. The average molecular weight is 443 g/mol. The number of ketones is 1. The predicted molar refractivity (Wildman–Crippen MR) is 127 cm³/mol. The van der Waals surface area contributed by atoms with Gasteiger partial charge < -0.3 is 4.90 Å². The van der Waals surface area contributed by atoms with Crippen LogP contribution in [0.2, 0.25) is 0 Å². The van der Waals surface area contributed by atoms with E-state index >= 15 is 0 Å². The van der Waals surface area contributed by atoms with Gasteiger partial charge in [0.1, 0.15) is 23.8 Å². The molecule has 0 aromatic heterocycles. The van der Waals surface area contributed by atoms with Crippen LogP contribution >= 0.6 is 0 Å². The number of hydrogen-bond acceptors (Lipinski definition) is 5. The molecule has 0 radical (unpaired) electrons. The minimum atomic E-state index is -0.569. The molecule has 0 spiro atoms. The van der Waals surface area contributed by atoms with E-state index in [9.17, 15) is 20.6 Å². The van der Waals surface area contributed by atoms with Crippen LogP contribution < -0.4 is 0 Å². The number of carbonyl (C=O) groups is 1. The summed E-state index contributed by atoms with van der Waals surface area (Å²) < 4.78 is 0. The maximum atomic E-state index is 14.0. The number of nitrogens with zero attached hydrogens (tertiary/aromatic N) is 4. The van der Waals surface area contributed by atoms with Crippen molar-refractivity contribution in [2.75, 3.05) is 0 Å². The van der Waals surface area contributed by atoms with Gasteiger partial charge in [0.2, 0.25) is 0 Å². The van der Waals surface area contributed by atoms with E-state index in [0.717, 1.165) is 24.0 Å². The standard InChI is InChI=1S/C29H22N4O/c30-15-19-11-14-24-27(25(21-12-13-21)23(16-31)17-32)26(20-7-3-1-4-8-20)28(33(24)18-19)29(34)22-9-5-2-6-10-22/h1-11,14,18,21,24,26-28H,12-13H2/t24-,26+,27-,28-/m0/s1. The number of fused-ring (bicyclic) bond motifs is 1. The summed E-state index contributed by atoms with van der Waals surface area (Å²) in [7, 11) is 0. The lowest BCUT2D eigenvalue weighted by Crippen LogP contribution is -2.39. The highest BCUT2D eigenvalue weighted by Crippen LogP contribution is 2.54. The predicted octanol–water partition coefficient (Wildman–Crippen LogP) is 5.05. The van der Waals surface area contributed by atoms with Crippen LogP contribution in [0.5, 0.6) is 0 Å². The Bertz CT molecular complexity index is 1310. The van der Waals surface area contributed by atoms with Gasteiger partial charge in [-0.1, -0.05) is 66.7 Å². The fraction of sp³-hybridized carbons (Fsp3) is 0.241. The molecule has 1 aliphatic carbocycles. The van der Waals surface area contributed by atoms with Crippen LogP contribution in [0.3, 0.4) is 0 Å². The van der Waals surface area contributed by atoms with Crippen molar-refractivity contribution in [3.8, 4) is 18.2 Å². The molecule has 5 heteroatoms. The van der Waals surface area contributed by atoms with Gasteiger partial charge in [-0.05, 0) is 36.0 Å². The third-order valence-electron chi connectivity index (χ3n) is 7.05. The van der Waals surface area contributed by atoms with E-state index < -0.39 is 6.04 Å². The van der Waals surface area contributed by atoms with Crippen molar-refractivity contribution in [2.24, 2.45) is 11.8 Å². The van der Waals surface area contributed by atoms with Crippen LogP contribution in [-0.4, -0.2) is 22.8 Å². The Morgan fingerprint density at radius 2 is 1.56 bits per heavy atom. The molecule has 2 aromatic carbocycles. The fourth-order valence-electron chi connectivity index (χ4n) is 5.53. The van der Waals surface area contributed by atoms with Crippen molar-refractivity contribution in [1.29, 1.82) is 15.8 Å². The van der Waals surface area contributed by atoms with E-state index in [4.69, 9.17) is 0 Å². The van der Waals surface area contributed by atoms with Gasteiger partial charge in [0.25, 0.3) is 0 Å². The second kappa shape index (κ2) is 8.86. The summed E-state index contributed by atoms with van der Waals surface area (Å²) in [5, 5.41) is 29.3. The highest BCUT2D eigenvalue weighted by Gasteiger charge is 2.55. The number of nitriles is 3. The molecule has 0 amide bonds. The summed E-state index contributed by atoms with van der Waals surface area (Å²) >= 11 is 0. The first-order chi connectivity index (χ1) is 16.7. The number of Topliss-reactive ketones (excluding diaryl/α,β-unsaturated/α-hetero) is 1. The molecule has 3 aliphatic rings. The van der Waals surface area contributed by atoms with E-state index in [2.05, 4.69) is 18.2 Å². The molecule has 5 rings (SSSR count). The average Bonchev–Trinajstić information content (AvgIpc) is 3.68. The van der Waals surface area contributed by atoms with Gasteiger partial charge in [0.05, 0.1) is 17.7 Å². The lowest BCUT2D eigenvalue weighted by atomic mass is 9.73. The first-order valence-corrected chi connectivity index (χ1v) is 11.4. The van der Waals surface area contributed by atoms with E-state index in [0.29, 0.717) is 11.1 Å². The molecular formula is C29H22N4O. The van der Waals surface area contributed by atoms with E-state index in [1.54, 1.807) is 12.3 Å². The monoisotopic (exact) mass is 442 g/mol. The highest BCUT2D eigenvalue weighted by molar-refractivity contribution is 6.01. The number of carbonyl (C=O) groups excluding carboxylic acids is 1. The summed E-state index contributed by atoms with van der Waals surface area (Å²) in [5.74, 6) is -0.358. The highest BCUT2D eigenvalue weighted by atomic mass is 16.1. The second-order valence-electron chi connectivity index (χ2n) is 8.96. The fourth-order valence-corrected chi connectivity index (χ4v) is 5.53. The molecule has 34 heavy (non-hydrogen) atoms. The molecule has 2 fully saturated rings. The molecule has 5 nitrogen and oxygen atoms in total. The second-order valence-corrected chi connectivity index (χ2v) is 8.96. The van der Waals surface area contributed by atoms with Crippen LogP contribution in [0.25, 0.3) is 0 Å². The first kappa shape index (κ1) is 21.4. The molecule has 1 saturated heterocycles. The van der Waals surface area contributed by atoms with Gasteiger partial charge in [0.15, 0.2) is 5.78 Å². The molecule has 1 saturated carbocycles. The van der Waals surface area contributed by atoms with Crippen molar-refractivity contribution in [1.82, 2.24) is 4.90 Å². The smallest absolute Gasteiger partial charge is 0.185 e. The van der Waals surface area contributed by atoms with Gasteiger partial charge in [-0.25, -0.2) is 0 Å². The van der Waals surface area contributed by atoms with Gasteiger partial charge in [-0.2, -0.15) is 15.8 Å². The lowest BCUT2D eigenvalue weighted by Gasteiger charge is -2.31. The molecule has 2 aliphatic heterocycles. The zero-order valence-electron chi connectivity index (χ0n) is 18.5. The Kier molecular flexibility index (Phi) is 5.59. The third kappa shape index (κ3) is 3.61. The maximum Gasteiger partial charge on any atom is 0.185 e. The summed E-state index contributed by atoms with van der Waals surface area (Å²) in [4.78, 5) is 16.0. The van der Waals surface area contributed by atoms with E-state index in [1.807, 2.05) is 71.6 Å². The van der Waals surface area contributed by atoms with Gasteiger partial charge in [0, 0.05) is 23.6 Å². The number of hydrogen-bond donors (Lipinski definition) is 0. The Morgan fingerprint density at radius 1 is 0.912 bits per heavy atom. The third-order valence-corrected chi connectivity index (χ3v) is 7.05. The van der Waals surface area contributed by atoms with Gasteiger partial charge >= 0.3 is 0 Å². The first-order valence-electron chi connectivity index (χ1n) is 11.4. The molecular weight excluding hydrogens is 420 g/mol. The zero-order chi connectivity index (χ0) is 23.7. The Morgan fingerprint density at radius 3 is 2.15 bits per heavy atom. The molecule has 0 unspecified atom stereocenters. The molecule has 0 bridgehead atoms.